The van der Waals surface area contributed by atoms with Gasteiger partial charge in [0.15, 0.2) is 0 Å². The Hall–Kier alpha value is -2.82. The molecule has 0 heterocycles. The van der Waals surface area contributed by atoms with Crippen LogP contribution in [0.4, 0.5) is 5.69 Å². The molecule has 2 aromatic carbocycles. The van der Waals surface area contributed by atoms with Crippen LogP contribution in [0.5, 0.6) is 5.75 Å². The molecule has 2 aromatic rings. The van der Waals surface area contributed by atoms with Gasteiger partial charge in [-0.1, -0.05) is 18.2 Å². The zero-order chi connectivity index (χ0) is 17.4. The first kappa shape index (κ1) is 17.5. The summed E-state index contributed by atoms with van der Waals surface area (Å²) in [6.45, 7) is 2.32. The van der Waals surface area contributed by atoms with Crippen LogP contribution < -0.4 is 10.1 Å². The molecule has 5 heteroatoms. The third kappa shape index (κ3) is 5.12. The van der Waals surface area contributed by atoms with Crippen molar-refractivity contribution in [3.63, 3.8) is 0 Å². The average Bonchev–Trinajstić information content (AvgIpc) is 2.60. The molecule has 1 N–H and O–H groups in total. The summed E-state index contributed by atoms with van der Waals surface area (Å²) in [7, 11) is 1.34. The summed E-state index contributed by atoms with van der Waals surface area (Å²) in [4.78, 5) is 23.5. The molecule has 5 nitrogen and oxygen atoms in total. The zero-order valence-electron chi connectivity index (χ0n) is 13.9. The maximum Gasteiger partial charge on any atom is 0.337 e. The van der Waals surface area contributed by atoms with Gasteiger partial charge in [-0.05, 0) is 49.2 Å². The predicted octanol–water partition coefficient (Wildman–Crippen LogP) is 3.58. The number of benzene rings is 2. The fraction of sp³-hybridized carbons (Fsp3) is 0.263. The summed E-state index contributed by atoms with van der Waals surface area (Å²) in [5.41, 5.74) is 1.97. The predicted molar refractivity (Wildman–Crippen MR) is 92.3 cm³/mol. The number of hydrogen-bond donors (Lipinski definition) is 1. The lowest BCUT2D eigenvalue weighted by molar-refractivity contribution is -0.116. The number of rotatable bonds is 7. The lowest BCUT2D eigenvalue weighted by Gasteiger charge is -2.10. The van der Waals surface area contributed by atoms with Crippen molar-refractivity contribution in [2.24, 2.45) is 0 Å². The summed E-state index contributed by atoms with van der Waals surface area (Å²) in [6, 6.07) is 14.5. The fourth-order valence-corrected chi connectivity index (χ4v) is 2.20. The summed E-state index contributed by atoms with van der Waals surface area (Å²) in [5, 5.41) is 2.85. The quantitative estimate of drug-likeness (QED) is 0.623. The summed E-state index contributed by atoms with van der Waals surface area (Å²) in [6.07, 6.45) is 0.991. The van der Waals surface area contributed by atoms with Crippen LogP contribution in [0.1, 0.15) is 28.8 Å². The van der Waals surface area contributed by atoms with Gasteiger partial charge >= 0.3 is 5.97 Å². The molecule has 0 spiro atoms. The monoisotopic (exact) mass is 327 g/mol. The number of anilines is 1. The van der Waals surface area contributed by atoms with Gasteiger partial charge in [-0.15, -0.1) is 0 Å². The summed E-state index contributed by atoms with van der Waals surface area (Å²) in [5.74, 6) is 0.321. The number of methoxy groups -OCH3 is 1. The van der Waals surface area contributed by atoms with Gasteiger partial charge in [0.1, 0.15) is 5.75 Å². The Labute approximate surface area is 141 Å². The highest BCUT2D eigenvalue weighted by molar-refractivity contribution is 5.94. The summed E-state index contributed by atoms with van der Waals surface area (Å²) < 4.78 is 10.2. The SMILES string of the molecule is COC(=O)c1ccc(NC(=O)CCCOc2ccccc2)c(C)c1. The van der Waals surface area contributed by atoms with E-state index < -0.39 is 5.97 Å². The zero-order valence-corrected chi connectivity index (χ0v) is 13.9. The first-order chi connectivity index (χ1) is 11.6. The van der Waals surface area contributed by atoms with Gasteiger partial charge in [0.05, 0.1) is 19.3 Å². The Kier molecular flexibility index (Phi) is 6.37. The van der Waals surface area contributed by atoms with Gasteiger partial charge < -0.3 is 14.8 Å². The van der Waals surface area contributed by atoms with E-state index >= 15 is 0 Å². The number of para-hydroxylation sites is 1. The van der Waals surface area contributed by atoms with Gasteiger partial charge in [-0.2, -0.15) is 0 Å². The molecule has 126 valence electrons. The molecule has 0 saturated carbocycles. The van der Waals surface area contributed by atoms with Crippen LogP contribution in [0.25, 0.3) is 0 Å². The average molecular weight is 327 g/mol. The molecule has 0 saturated heterocycles. The molecule has 0 bridgehead atoms. The van der Waals surface area contributed by atoms with Gasteiger partial charge in [0.25, 0.3) is 0 Å². The largest absolute Gasteiger partial charge is 0.494 e. The number of hydrogen-bond acceptors (Lipinski definition) is 4. The van der Waals surface area contributed by atoms with Gasteiger partial charge in [-0.3, -0.25) is 4.79 Å². The Morgan fingerprint density at radius 2 is 1.83 bits per heavy atom. The van der Waals surface area contributed by atoms with Gasteiger partial charge in [0.2, 0.25) is 5.91 Å². The van der Waals surface area contributed by atoms with Crippen molar-refractivity contribution in [3.05, 3.63) is 59.7 Å². The van der Waals surface area contributed by atoms with Crippen molar-refractivity contribution >= 4 is 17.6 Å². The highest BCUT2D eigenvalue weighted by Crippen LogP contribution is 2.17. The van der Waals surface area contributed by atoms with E-state index in [0.717, 1.165) is 11.3 Å². The highest BCUT2D eigenvalue weighted by Gasteiger charge is 2.09. The molecular weight excluding hydrogens is 306 g/mol. The molecular formula is C19H21NO4. The van der Waals surface area contributed by atoms with Crippen LogP contribution in [0.2, 0.25) is 0 Å². The number of carbonyl (C=O) groups excluding carboxylic acids is 2. The molecule has 0 radical (unpaired) electrons. The Bertz CT molecular complexity index is 698. The van der Waals surface area contributed by atoms with Crippen molar-refractivity contribution in [1.82, 2.24) is 0 Å². The van der Waals surface area contributed by atoms with Crippen LogP contribution >= 0.6 is 0 Å². The Morgan fingerprint density at radius 3 is 2.50 bits per heavy atom. The number of amides is 1. The lowest BCUT2D eigenvalue weighted by Crippen LogP contribution is -2.14. The Morgan fingerprint density at radius 1 is 1.08 bits per heavy atom. The van der Waals surface area contributed by atoms with Crippen molar-refractivity contribution < 1.29 is 19.1 Å². The highest BCUT2D eigenvalue weighted by atomic mass is 16.5. The second kappa shape index (κ2) is 8.72. The molecule has 0 aliphatic rings. The second-order valence-electron chi connectivity index (χ2n) is 5.33. The topological polar surface area (TPSA) is 64.6 Å². The van der Waals surface area contributed by atoms with Crippen LogP contribution in [0.3, 0.4) is 0 Å². The van der Waals surface area contributed by atoms with E-state index in [1.54, 1.807) is 18.2 Å². The van der Waals surface area contributed by atoms with Crippen LogP contribution in [-0.2, 0) is 9.53 Å². The molecule has 0 unspecified atom stereocenters. The maximum atomic E-state index is 12.0. The molecule has 0 aromatic heterocycles. The lowest BCUT2D eigenvalue weighted by atomic mass is 10.1. The molecule has 0 atom stereocenters. The molecule has 1 amide bonds. The molecule has 2 rings (SSSR count). The molecule has 0 fully saturated rings. The molecule has 0 aliphatic heterocycles. The smallest absolute Gasteiger partial charge is 0.337 e. The number of ether oxygens (including phenoxy) is 2. The minimum Gasteiger partial charge on any atom is -0.494 e. The fourth-order valence-electron chi connectivity index (χ4n) is 2.20. The first-order valence-corrected chi connectivity index (χ1v) is 7.77. The number of esters is 1. The van der Waals surface area contributed by atoms with Crippen molar-refractivity contribution in [2.45, 2.75) is 19.8 Å². The van der Waals surface area contributed by atoms with E-state index in [9.17, 15) is 9.59 Å². The minimum atomic E-state index is -0.394. The number of aryl methyl sites for hydroxylation is 1. The van der Waals surface area contributed by atoms with E-state index in [2.05, 4.69) is 10.1 Å². The number of nitrogens with one attached hydrogen (secondary N) is 1. The normalized spacial score (nSPS) is 10.1. The van der Waals surface area contributed by atoms with E-state index in [4.69, 9.17) is 4.74 Å². The second-order valence-corrected chi connectivity index (χ2v) is 5.33. The molecule has 24 heavy (non-hydrogen) atoms. The van der Waals surface area contributed by atoms with E-state index in [1.165, 1.54) is 7.11 Å². The van der Waals surface area contributed by atoms with Crippen LogP contribution in [0.15, 0.2) is 48.5 Å². The van der Waals surface area contributed by atoms with E-state index in [0.29, 0.717) is 30.7 Å². The first-order valence-electron chi connectivity index (χ1n) is 7.77. The van der Waals surface area contributed by atoms with Gasteiger partial charge in [0, 0.05) is 12.1 Å². The summed E-state index contributed by atoms with van der Waals surface area (Å²) >= 11 is 0. The third-order valence-corrected chi connectivity index (χ3v) is 3.48. The van der Waals surface area contributed by atoms with Crippen molar-refractivity contribution in [3.8, 4) is 5.75 Å². The Balaban J connectivity index is 1.79. The standard InChI is InChI=1S/C19H21NO4/c1-14-13-15(19(22)23-2)10-11-17(14)20-18(21)9-6-12-24-16-7-4-3-5-8-16/h3-5,7-8,10-11,13H,6,9,12H2,1-2H3,(H,20,21). The van der Waals surface area contributed by atoms with E-state index in [1.807, 2.05) is 37.3 Å². The van der Waals surface area contributed by atoms with Crippen LogP contribution in [-0.4, -0.2) is 25.6 Å². The molecule has 0 aliphatic carbocycles. The van der Waals surface area contributed by atoms with E-state index in [-0.39, 0.29) is 5.91 Å². The van der Waals surface area contributed by atoms with Gasteiger partial charge in [-0.25, -0.2) is 4.79 Å². The third-order valence-electron chi connectivity index (χ3n) is 3.48. The number of carbonyl (C=O) groups is 2. The van der Waals surface area contributed by atoms with Crippen molar-refractivity contribution in [1.29, 1.82) is 0 Å². The van der Waals surface area contributed by atoms with Crippen molar-refractivity contribution in [2.75, 3.05) is 19.0 Å². The van der Waals surface area contributed by atoms with Crippen LogP contribution in [0, 0.1) is 6.92 Å². The maximum absolute atomic E-state index is 12.0. The minimum absolute atomic E-state index is 0.0828.